The third-order valence-electron chi connectivity index (χ3n) is 2.38. The molecule has 5 heteroatoms. The van der Waals surface area contributed by atoms with Crippen LogP contribution < -0.4 is 0 Å². The molecule has 0 unspecified atom stereocenters. The SMILES string of the molecule is Cc1ccc(-c2nnn(C[Si](C)(C)C)n2)cc1. The van der Waals surface area contributed by atoms with Crippen LogP contribution in [0, 0.1) is 6.92 Å². The van der Waals surface area contributed by atoms with Gasteiger partial charge in [-0.2, -0.15) is 4.80 Å². The summed E-state index contributed by atoms with van der Waals surface area (Å²) >= 11 is 0. The largest absolute Gasteiger partial charge is 0.204 e. The van der Waals surface area contributed by atoms with Crippen molar-refractivity contribution < 1.29 is 0 Å². The summed E-state index contributed by atoms with van der Waals surface area (Å²) in [4.78, 5) is 1.72. The summed E-state index contributed by atoms with van der Waals surface area (Å²) in [6, 6.07) is 8.19. The highest BCUT2D eigenvalue weighted by Crippen LogP contribution is 2.14. The van der Waals surface area contributed by atoms with Crippen molar-refractivity contribution >= 4 is 8.07 Å². The number of hydrogen-bond donors (Lipinski definition) is 0. The van der Waals surface area contributed by atoms with E-state index in [1.807, 2.05) is 12.1 Å². The first kappa shape index (κ1) is 12.0. The van der Waals surface area contributed by atoms with Gasteiger partial charge in [-0.15, -0.1) is 10.2 Å². The second-order valence-electron chi connectivity index (χ2n) is 5.57. The molecular formula is C12H18N4Si. The van der Waals surface area contributed by atoms with Crippen LogP contribution in [-0.2, 0) is 6.17 Å². The summed E-state index contributed by atoms with van der Waals surface area (Å²) < 4.78 is 0. The molecule has 0 aliphatic heterocycles. The number of benzene rings is 1. The predicted octanol–water partition coefficient (Wildman–Crippen LogP) is 2.53. The van der Waals surface area contributed by atoms with E-state index in [0.29, 0.717) is 5.82 Å². The maximum atomic E-state index is 4.42. The van der Waals surface area contributed by atoms with Crippen molar-refractivity contribution in [2.45, 2.75) is 32.7 Å². The van der Waals surface area contributed by atoms with Gasteiger partial charge < -0.3 is 0 Å². The highest BCUT2D eigenvalue weighted by molar-refractivity contribution is 6.74. The van der Waals surface area contributed by atoms with Gasteiger partial charge >= 0.3 is 0 Å². The van der Waals surface area contributed by atoms with Gasteiger partial charge in [0.15, 0.2) is 0 Å². The molecule has 0 amide bonds. The van der Waals surface area contributed by atoms with E-state index in [9.17, 15) is 0 Å². The molecule has 2 rings (SSSR count). The summed E-state index contributed by atoms with van der Waals surface area (Å²) in [6.45, 7) is 8.95. The summed E-state index contributed by atoms with van der Waals surface area (Å²) in [5.41, 5.74) is 2.26. The van der Waals surface area contributed by atoms with Gasteiger partial charge in [-0.3, -0.25) is 0 Å². The summed E-state index contributed by atoms with van der Waals surface area (Å²) in [7, 11) is -1.20. The van der Waals surface area contributed by atoms with Crippen molar-refractivity contribution in [1.29, 1.82) is 0 Å². The van der Waals surface area contributed by atoms with Crippen molar-refractivity contribution in [3.05, 3.63) is 29.8 Å². The van der Waals surface area contributed by atoms with Crippen molar-refractivity contribution in [2.75, 3.05) is 0 Å². The van der Waals surface area contributed by atoms with Gasteiger partial charge in [0.2, 0.25) is 5.82 Å². The molecule has 1 aromatic carbocycles. The Morgan fingerprint density at radius 1 is 1.12 bits per heavy atom. The van der Waals surface area contributed by atoms with Crippen LogP contribution in [0.15, 0.2) is 24.3 Å². The highest BCUT2D eigenvalue weighted by Gasteiger charge is 2.16. The van der Waals surface area contributed by atoms with E-state index < -0.39 is 8.07 Å². The topological polar surface area (TPSA) is 43.6 Å². The van der Waals surface area contributed by atoms with E-state index in [0.717, 1.165) is 11.7 Å². The zero-order valence-corrected chi connectivity index (χ0v) is 11.8. The van der Waals surface area contributed by atoms with E-state index in [1.165, 1.54) is 5.56 Å². The maximum absolute atomic E-state index is 4.42. The van der Waals surface area contributed by atoms with Gasteiger partial charge in [0, 0.05) is 5.56 Å². The van der Waals surface area contributed by atoms with Crippen LogP contribution in [0.2, 0.25) is 19.6 Å². The van der Waals surface area contributed by atoms with Gasteiger partial charge in [-0.25, -0.2) is 0 Å². The minimum atomic E-state index is -1.20. The zero-order chi connectivity index (χ0) is 12.5. The fourth-order valence-electron chi connectivity index (χ4n) is 1.55. The third-order valence-corrected chi connectivity index (χ3v) is 3.61. The van der Waals surface area contributed by atoms with Crippen LogP contribution >= 0.6 is 0 Å². The Bertz CT molecular complexity index is 496. The van der Waals surface area contributed by atoms with Crippen molar-refractivity contribution in [1.82, 2.24) is 20.2 Å². The lowest BCUT2D eigenvalue weighted by molar-refractivity contribution is 0.600. The van der Waals surface area contributed by atoms with Gasteiger partial charge in [0.05, 0.1) is 14.2 Å². The number of nitrogens with zero attached hydrogens (tertiary/aromatic N) is 4. The lowest BCUT2D eigenvalue weighted by Gasteiger charge is -2.12. The van der Waals surface area contributed by atoms with Crippen LogP contribution in [0.4, 0.5) is 0 Å². The summed E-state index contributed by atoms with van der Waals surface area (Å²) in [5.74, 6) is 0.711. The zero-order valence-electron chi connectivity index (χ0n) is 10.8. The molecule has 1 heterocycles. The number of rotatable bonds is 3. The number of aryl methyl sites for hydroxylation is 1. The van der Waals surface area contributed by atoms with Crippen molar-refractivity contribution in [3.63, 3.8) is 0 Å². The summed E-state index contributed by atoms with van der Waals surface area (Å²) in [6.07, 6.45) is 0.909. The van der Waals surface area contributed by atoms with Crippen LogP contribution in [0.3, 0.4) is 0 Å². The van der Waals surface area contributed by atoms with Crippen LogP contribution in [-0.4, -0.2) is 28.3 Å². The van der Waals surface area contributed by atoms with Gasteiger partial charge in [0.25, 0.3) is 0 Å². The molecule has 2 aromatic rings. The lowest BCUT2D eigenvalue weighted by atomic mass is 10.1. The molecule has 17 heavy (non-hydrogen) atoms. The first-order valence-electron chi connectivity index (χ1n) is 5.79. The lowest BCUT2D eigenvalue weighted by Crippen LogP contribution is -2.29. The summed E-state index contributed by atoms with van der Waals surface area (Å²) in [5, 5.41) is 12.6. The fraction of sp³-hybridized carbons (Fsp3) is 0.417. The van der Waals surface area contributed by atoms with Crippen LogP contribution in [0.25, 0.3) is 11.4 Å². The number of tetrazole rings is 1. The first-order valence-corrected chi connectivity index (χ1v) is 9.50. The quantitative estimate of drug-likeness (QED) is 0.782. The average Bonchev–Trinajstić information content (AvgIpc) is 2.64. The Hall–Kier alpha value is -1.49. The normalized spacial score (nSPS) is 11.8. The predicted molar refractivity (Wildman–Crippen MR) is 71.3 cm³/mol. The van der Waals surface area contributed by atoms with E-state index in [1.54, 1.807) is 4.80 Å². The smallest absolute Gasteiger partial charge is 0.167 e. The van der Waals surface area contributed by atoms with E-state index in [4.69, 9.17) is 0 Å². The van der Waals surface area contributed by atoms with Crippen LogP contribution in [0.1, 0.15) is 5.56 Å². The Labute approximate surface area is 103 Å². The fourth-order valence-corrected chi connectivity index (χ4v) is 2.54. The van der Waals surface area contributed by atoms with Crippen molar-refractivity contribution in [2.24, 2.45) is 0 Å². The second-order valence-corrected chi connectivity index (χ2v) is 11.0. The molecule has 4 nitrogen and oxygen atoms in total. The Morgan fingerprint density at radius 3 is 2.35 bits per heavy atom. The molecule has 0 atom stereocenters. The minimum Gasteiger partial charge on any atom is -0.167 e. The monoisotopic (exact) mass is 246 g/mol. The Kier molecular flexibility index (Phi) is 3.10. The molecule has 0 bridgehead atoms. The number of hydrogen-bond acceptors (Lipinski definition) is 3. The molecule has 0 N–H and O–H groups in total. The molecule has 0 saturated carbocycles. The molecule has 0 aliphatic rings. The third kappa shape index (κ3) is 3.23. The second kappa shape index (κ2) is 4.41. The molecule has 0 fully saturated rings. The van der Waals surface area contributed by atoms with Gasteiger partial charge in [0.1, 0.15) is 0 Å². The van der Waals surface area contributed by atoms with Gasteiger partial charge in [-0.1, -0.05) is 49.5 Å². The van der Waals surface area contributed by atoms with E-state index >= 15 is 0 Å². The highest BCUT2D eigenvalue weighted by atomic mass is 28.3. The molecule has 0 spiro atoms. The standard InChI is InChI=1S/C12H18N4Si/c1-10-5-7-11(8-6-10)12-13-15-16(14-12)9-17(2,3)4/h5-8H,9H2,1-4H3. The molecular weight excluding hydrogens is 228 g/mol. The van der Waals surface area contributed by atoms with E-state index in [-0.39, 0.29) is 0 Å². The molecule has 0 radical (unpaired) electrons. The van der Waals surface area contributed by atoms with Gasteiger partial charge in [-0.05, 0) is 12.1 Å². The maximum Gasteiger partial charge on any atom is 0.204 e. The average molecular weight is 246 g/mol. The Balaban J connectivity index is 2.21. The first-order chi connectivity index (χ1) is 7.94. The number of aromatic nitrogens is 4. The Morgan fingerprint density at radius 2 is 1.76 bits per heavy atom. The molecule has 90 valence electrons. The molecule has 1 aromatic heterocycles. The molecule has 0 saturated heterocycles. The molecule has 0 aliphatic carbocycles. The van der Waals surface area contributed by atoms with E-state index in [2.05, 4.69) is 54.1 Å². The van der Waals surface area contributed by atoms with Crippen molar-refractivity contribution in [3.8, 4) is 11.4 Å². The minimum absolute atomic E-state index is 0.711. The van der Waals surface area contributed by atoms with Crippen LogP contribution in [0.5, 0.6) is 0 Å².